The first-order valence-corrected chi connectivity index (χ1v) is 6.82. The summed E-state index contributed by atoms with van der Waals surface area (Å²) in [6, 6.07) is 5.31. The van der Waals surface area contributed by atoms with Gasteiger partial charge in [-0.1, -0.05) is 6.07 Å². The maximum Gasteiger partial charge on any atom is 0.241 e. The van der Waals surface area contributed by atoms with Gasteiger partial charge in [-0.3, -0.25) is 9.69 Å². The summed E-state index contributed by atoms with van der Waals surface area (Å²) in [5.41, 5.74) is 8.16. The number of hydrogen-bond donors (Lipinski definition) is 2. The first-order chi connectivity index (χ1) is 9.45. The summed E-state index contributed by atoms with van der Waals surface area (Å²) >= 11 is 0. The van der Waals surface area contributed by atoms with Crippen LogP contribution < -0.4 is 11.1 Å². The number of nitrogen functional groups attached to an aromatic ring is 1. The molecule has 112 valence electrons. The number of carbonyl (C=O) groups excluding carboxylic acids is 1. The second kappa shape index (κ2) is 7.87. The Morgan fingerprint density at radius 1 is 1.50 bits per heavy atom. The van der Waals surface area contributed by atoms with Gasteiger partial charge in [0.1, 0.15) is 0 Å². The summed E-state index contributed by atoms with van der Waals surface area (Å²) in [6.07, 6.45) is 0.905. The third-order valence-corrected chi connectivity index (χ3v) is 3.42. The van der Waals surface area contributed by atoms with Crippen LogP contribution in [0.15, 0.2) is 18.2 Å². The number of benzene rings is 1. The quantitative estimate of drug-likeness (QED) is 0.590. The Bertz CT molecular complexity index is 449. The molecule has 1 aromatic rings. The summed E-state index contributed by atoms with van der Waals surface area (Å²) in [5.74, 6) is -0.0291. The van der Waals surface area contributed by atoms with E-state index in [-0.39, 0.29) is 11.9 Å². The molecule has 5 nitrogen and oxygen atoms in total. The Morgan fingerprint density at radius 2 is 2.20 bits per heavy atom. The second-order valence-corrected chi connectivity index (χ2v) is 5.07. The van der Waals surface area contributed by atoms with E-state index in [9.17, 15) is 4.79 Å². The molecular formula is C15H25N3O2. The van der Waals surface area contributed by atoms with Crippen molar-refractivity contribution in [1.29, 1.82) is 0 Å². The molecule has 0 aliphatic rings. The number of ether oxygens (including phenoxy) is 1. The van der Waals surface area contributed by atoms with Crippen molar-refractivity contribution in [1.82, 2.24) is 4.90 Å². The number of anilines is 2. The molecule has 0 saturated carbocycles. The van der Waals surface area contributed by atoms with Gasteiger partial charge in [-0.25, -0.2) is 0 Å². The molecule has 0 heterocycles. The minimum atomic E-state index is -0.201. The predicted molar refractivity (Wildman–Crippen MR) is 82.8 cm³/mol. The normalized spacial score (nSPS) is 12.4. The van der Waals surface area contributed by atoms with Gasteiger partial charge in [0.2, 0.25) is 5.91 Å². The maximum absolute atomic E-state index is 12.2. The lowest BCUT2D eigenvalue weighted by Crippen LogP contribution is -2.40. The van der Waals surface area contributed by atoms with E-state index in [0.717, 1.165) is 24.2 Å². The Kier molecular flexibility index (Phi) is 6.48. The van der Waals surface area contributed by atoms with E-state index in [1.807, 2.05) is 37.9 Å². The fraction of sp³-hybridized carbons (Fsp3) is 0.533. The fourth-order valence-corrected chi connectivity index (χ4v) is 1.86. The van der Waals surface area contributed by atoms with E-state index < -0.39 is 0 Å². The van der Waals surface area contributed by atoms with Crippen molar-refractivity contribution in [3.8, 4) is 0 Å². The molecule has 0 aromatic heterocycles. The molecule has 0 spiro atoms. The molecule has 0 aliphatic heterocycles. The molecule has 20 heavy (non-hydrogen) atoms. The summed E-state index contributed by atoms with van der Waals surface area (Å²) in [5, 5.41) is 2.93. The molecule has 0 bridgehead atoms. The Balaban J connectivity index is 2.58. The standard InChI is InChI=1S/C15H25N3O2/c1-11-6-7-13(16)10-14(11)17-15(19)12(2)18(3)8-5-9-20-4/h6-7,10,12H,5,8-9,16H2,1-4H3,(H,17,19). The highest BCUT2D eigenvalue weighted by Gasteiger charge is 2.18. The van der Waals surface area contributed by atoms with E-state index in [2.05, 4.69) is 5.32 Å². The van der Waals surface area contributed by atoms with Crippen molar-refractivity contribution in [3.05, 3.63) is 23.8 Å². The highest BCUT2D eigenvalue weighted by molar-refractivity contribution is 5.95. The van der Waals surface area contributed by atoms with Crippen LogP contribution in [0.25, 0.3) is 0 Å². The zero-order chi connectivity index (χ0) is 15.1. The van der Waals surface area contributed by atoms with Gasteiger partial charge in [-0.05, 0) is 45.0 Å². The topological polar surface area (TPSA) is 67.6 Å². The molecule has 0 saturated heterocycles. The number of nitrogens with one attached hydrogen (secondary N) is 1. The van der Waals surface area contributed by atoms with E-state index in [0.29, 0.717) is 12.3 Å². The Morgan fingerprint density at radius 3 is 2.85 bits per heavy atom. The largest absolute Gasteiger partial charge is 0.399 e. The van der Waals surface area contributed by atoms with Crippen molar-refractivity contribution >= 4 is 17.3 Å². The van der Waals surface area contributed by atoms with Gasteiger partial charge < -0.3 is 15.8 Å². The lowest BCUT2D eigenvalue weighted by Gasteiger charge is -2.24. The minimum Gasteiger partial charge on any atom is -0.399 e. The van der Waals surface area contributed by atoms with E-state index in [1.54, 1.807) is 13.2 Å². The number of carbonyl (C=O) groups is 1. The number of amides is 1. The van der Waals surface area contributed by atoms with Gasteiger partial charge in [0, 0.05) is 31.6 Å². The van der Waals surface area contributed by atoms with Crippen molar-refractivity contribution < 1.29 is 9.53 Å². The predicted octanol–water partition coefficient (Wildman–Crippen LogP) is 1.87. The van der Waals surface area contributed by atoms with Gasteiger partial charge in [-0.2, -0.15) is 0 Å². The Labute approximate surface area is 121 Å². The fourth-order valence-electron chi connectivity index (χ4n) is 1.86. The van der Waals surface area contributed by atoms with E-state index in [4.69, 9.17) is 10.5 Å². The van der Waals surface area contributed by atoms with Crippen LogP contribution in [-0.4, -0.2) is 44.2 Å². The highest BCUT2D eigenvalue weighted by Crippen LogP contribution is 2.18. The first kappa shape index (κ1) is 16.5. The van der Waals surface area contributed by atoms with Gasteiger partial charge in [0.05, 0.1) is 6.04 Å². The smallest absolute Gasteiger partial charge is 0.241 e. The van der Waals surface area contributed by atoms with Crippen LogP contribution >= 0.6 is 0 Å². The maximum atomic E-state index is 12.2. The molecule has 1 amide bonds. The van der Waals surface area contributed by atoms with Gasteiger partial charge in [0.15, 0.2) is 0 Å². The number of nitrogens with two attached hydrogens (primary N) is 1. The lowest BCUT2D eigenvalue weighted by atomic mass is 10.1. The molecule has 0 fully saturated rings. The van der Waals surface area contributed by atoms with Crippen LogP contribution in [0.2, 0.25) is 0 Å². The number of likely N-dealkylation sites (N-methyl/N-ethyl adjacent to an activating group) is 1. The first-order valence-electron chi connectivity index (χ1n) is 6.82. The molecule has 1 aromatic carbocycles. The number of hydrogen-bond acceptors (Lipinski definition) is 4. The van der Waals surface area contributed by atoms with Crippen LogP contribution in [0, 0.1) is 6.92 Å². The SMILES string of the molecule is COCCCN(C)C(C)C(=O)Nc1cc(N)ccc1C. The van der Waals surface area contributed by atoms with E-state index >= 15 is 0 Å². The zero-order valence-electron chi connectivity index (χ0n) is 12.8. The molecule has 3 N–H and O–H groups in total. The summed E-state index contributed by atoms with van der Waals surface area (Å²) in [6.45, 7) is 5.36. The van der Waals surface area contributed by atoms with Crippen LogP contribution in [0.4, 0.5) is 11.4 Å². The minimum absolute atomic E-state index is 0.0291. The number of aryl methyl sites for hydroxylation is 1. The molecular weight excluding hydrogens is 254 g/mol. The number of rotatable bonds is 7. The van der Waals surface area contributed by atoms with Crippen molar-refractivity contribution in [2.24, 2.45) is 0 Å². The molecule has 1 rings (SSSR count). The van der Waals surface area contributed by atoms with Crippen molar-refractivity contribution in [3.63, 3.8) is 0 Å². The van der Waals surface area contributed by atoms with Gasteiger partial charge in [-0.15, -0.1) is 0 Å². The average molecular weight is 279 g/mol. The van der Waals surface area contributed by atoms with Crippen LogP contribution in [0.1, 0.15) is 18.9 Å². The molecule has 1 unspecified atom stereocenters. The summed E-state index contributed by atoms with van der Waals surface area (Å²) in [4.78, 5) is 14.2. The average Bonchev–Trinajstić information content (AvgIpc) is 2.42. The molecule has 0 aliphatic carbocycles. The lowest BCUT2D eigenvalue weighted by molar-refractivity contribution is -0.120. The van der Waals surface area contributed by atoms with E-state index in [1.165, 1.54) is 0 Å². The molecule has 1 atom stereocenters. The van der Waals surface area contributed by atoms with Crippen LogP contribution in [-0.2, 0) is 9.53 Å². The van der Waals surface area contributed by atoms with Crippen molar-refractivity contribution in [2.45, 2.75) is 26.3 Å². The summed E-state index contributed by atoms with van der Waals surface area (Å²) < 4.78 is 5.02. The number of nitrogens with zero attached hydrogens (tertiary/aromatic N) is 1. The van der Waals surface area contributed by atoms with Crippen LogP contribution in [0.3, 0.4) is 0 Å². The van der Waals surface area contributed by atoms with Crippen molar-refractivity contribution in [2.75, 3.05) is 38.4 Å². The van der Waals surface area contributed by atoms with Crippen LogP contribution in [0.5, 0.6) is 0 Å². The van der Waals surface area contributed by atoms with Gasteiger partial charge >= 0.3 is 0 Å². The zero-order valence-corrected chi connectivity index (χ0v) is 12.8. The monoisotopic (exact) mass is 279 g/mol. The second-order valence-electron chi connectivity index (χ2n) is 5.07. The number of methoxy groups -OCH3 is 1. The highest BCUT2D eigenvalue weighted by atomic mass is 16.5. The molecule has 0 radical (unpaired) electrons. The molecule has 5 heteroatoms. The summed E-state index contributed by atoms with van der Waals surface area (Å²) in [7, 11) is 3.62. The third kappa shape index (κ3) is 4.83. The van der Waals surface area contributed by atoms with Gasteiger partial charge in [0.25, 0.3) is 0 Å². The third-order valence-electron chi connectivity index (χ3n) is 3.42. The Hall–Kier alpha value is -1.59.